The van der Waals surface area contributed by atoms with Gasteiger partial charge in [-0.05, 0) is 25.2 Å². The van der Waals surface area contributed by atoms with Crippen molar-refractivity contribution in [2.24, 2.45) is 0 Å². The number of imidazole rings is 1. The summed E-state index contributed by atoms with van der Waals surface area (Å²) >= 11 is 5.96. The summed E-state index contributed by atoms with van der Waals surface area (Å²) in [6.45, 7) is 2.40. The van der Waals surface area contributed by atoms with Crippen molar-refractivity contribution in [3.63, 3.8) is 0 Å². The summed E-state index contributed by atoms with van der Waals surface area (Å²) in [4.78, 5) is 23.0. The van der Waals surface area contributed by atoms with E-state index < -0.39 is 0 Å². The van der Waals surface area contributed by atoms with E-state index in [0.717, 1.165) is 42.9 Å². The first kappa shape index (κ1) is 12.4. The van der Waals surface area contributed by atoms with Gasteiger partial charge in [-0.2, -0.15) is 0 Å². The van der Waals surface area contributed by atoms with E-state index >= 15 is 0 Å². The highest BCUT2D eigenvalue weighted by molar-refractivity contribution is 6.31. The number of likely N-dealkylation sites (N-methyl/N-ethyl adjacent to an activating group) is 1. The molecule has 1 unspecified atom stereocenters. The van der Waals surface area contributed by atoms with E-state index in [1.54, 1.807) is 4.90 Å². The molecule has 1 aromatic heterocycles. The number of hydrogen-bond donors (Lipinski definition) is 1. The van der Waals surface area contributed by atoms with Crippen LogP contribution >= 0.6 is 11.6 Å². The summed E-state index contributed by atoms with van der Waals surface area (Å²) in [5, 5.41) is 0.665. The standard InChI is InChI=1S/C13H15ClN4O/c1-17-4-5-18(8-19)12(7-17)13-15-10-3-2-9(14)6-11(10)16-13/h2-3,6,8,12H,4-5,7H2,1H3,(H,15,16). The quantitative estimate of drug-likeness (QED) is 0.850. The summed E-state index contributed by atoms with van der Waals surface area (Å²) in [6.07, 6.45) is 0.901. The van der Waals surface area contributed by atoms with Crippen LogP contribution in [0.25, 0.3) is 11.0 Å². The van der Waals surface area contributed by atoms with Crippen LogP contribution in [0.15, 0.2) is 18.2 Å². The van der Waals surface area contributed by atoms with E-state index in [4.69, 9.17) is 11.6 Å². The predicted octanol–water partition coefficient (Wildman–Crippen LogP) is 1.66. The molecular weight excluding hydrogens is 264 g/mol. The monoisotopic (exact) mass is 278 g/mol. The van der Waals surface area contributed by atoms with Gasteiger partial charge in [0.25, 0.3) is 0 Å². The number of aromatic nitrogens is 2. The molecule has 2 heterocycles. The van der Waals surface area contributed by atoms with Gasteiger partial charge < -0.3 is 14.8 Å². The number of fused-ring (bicyclic) bond motifs is 1. The van der Waals surface area contributed by atoms with E-state index in [1.165, 1.54) is 0 Å². The number of rotatable bonds is 2. The summed E-state index contributed by atoms with van der Waals surface area (Å²) in [7, 11) is 2.05. The number of nitrogens with zero attached hydrogens (tertiary/aromatic N) is 3. The zero-order valence-corrected chi connectivity index (χ0v) is 11.4. The second kappa shape index (κ2) is 4.83. The molecule has 0 spiro atoms. The van der Waals surface area contributed by atoms with Gasteiger partial charge in [-0.25, -0.2) is 4.98 Å². The van der Waals surface area contributed by atoms with Crippen molar-refractivity contribution in [3.8, 4) is 0 Å². The van der Waals surface area contributed by atoms with Crippen LogP contribution in [0.2, 0.25) is 5.02 Å². The molecule has 1 saturated heterocycles. The topological polar surface area (TPSA) is 52.2 Å². The molecule has 1 aliphatic rings. The minimum atomic E-state index is -0.0255. The smallest absolute Gasteiger partial charge is 0.210 e. The maximum absolute atomic E-state index is 11.2. The van der Waals surface area contributed by atoms with Gasteiger partial charge in [0, 0.05) is 24.7 Å². The lowest BCUT2D eigenvalue weighted by atomic mass is 10.2. The number of carbonyl (C=O) groups is 1. The first-order valence-corrected chi connectivity index (χ1v) is 6.60. The number of piperazine rings is 1. The predicted molar refractivity (Wildman–Crippen MR) is 74.1 cm³/mol. The Balaban J connectivity index is 1.99. The van der Waals surface area contributed by atoms with Crippen molar-refractivity contribution in [2.45, 2.75) is 6.04 Å². The highest BCUT2D eigenvalue weighted by Gasteiger charge is 2.27. The molecule has 0 radical (unpaired) electrons. The fraction of sp³-hybridized carbons (Fsp3) is 0.385. The first-order valence-electron chi connectivity index (χ1n) is 6.22. The van der Waals surface area contributed by atoms with Gasteiger partial charge in [0.05, 0.1) is 11.0 Å². The number of amides is 1. The number of benzene rings is 1. The second-order valence-corrected chi connectivity index (χ2v) is 5.34. The molecule has 5 nitrogen and oxygen atoms in total. The van der Waals surface area contributed by atoms with Crippen LogP contribution in [0, 0.1) is 0 Å². The minimum Gasteiger partial charge on any atom is -0.340 e. The lowest BCUT2D eigenvalue weighted by Crippen LogP contribution is -2.46. The van der Waals surface area contributed by atoms with Crippen molar-refractivity contribution in [2.75, 3.05) is 26.7 Å². The van der Waals surface area contributed by atoms with Gasteiger partial charge in [-0.1, -0.05) is 11.6 Å². The summed E-state index contributed by atoms with van der Waals surface area (Å²) < 4.78 is 0. The van der Waals surface area contributed by atoms with Gasteiger partial charge in [-0.15, -0.1) is 0 Å². The Morgan fingerprint density at radius 1 is 1.47 bits per heavy atom. The molecular formula is C13H15ClN4O. The summed E-state index contributed by atoms with van der Waals surface area (Å²) in [5.74, 6) is 0.816. The molecule has 1 amide bonds. The molecule has 1 atom stereocenters. The molecule has 2 aromatic rings. The van der Waals surface area contributed by atoms with E-state index in [9.17, 15) is 4.79 Å². The number of hydrogen-bond acceptors (Lipinski definition) is 3. The molecule has 0 saturated carbocycles. The Hall–Kier alpha value is -1.59. The average Bonchev–Trinajstić information content (AvgIpc) is 2.81. The molecule has 1 aliphatic heterocycles. The van der Waals surface area contributed by atoms with Crippen LogP contribution in [0.5, 0.6) is 0 Å². The number of halogens is 1. The largest absolute Gasteiger partial charge is 0.340 e. The highest BCUT2D eigenvalue weighted by Crippen LogP contribution is 2.25. The number of aromatic amines is 1. The molecule has 6 heteroatoms. The Bertz CT molecular complexity index is 612. The van der Waals surface area contributed by atoms with Crippen molar-refractivity contribution in [3.05, 3.63) is 29.0 Å². The van der Waals surface area contributed by atoms with Gasteiger partial charge >= 0.3 is 0 Å². The van der Waals surface area contributed by atoms with Gasteiger partial charge in [0.2, 0.25) is 6.41 Å². The van der Waals surface area contributed by atoms with Crippen molar-refractivity contribution in [1.82, 2.24) is 19.8 Å². The van der Waals surface area contributed by atoms with E-state index in [1.807, 2.05) is 18.2 Å². The van der Waals surface area contributed by atoms with Crippen LogP contribution in [0.1, 0.15) is 11.9 Å². The molecule has 1 aromatic carbocycles. The lowest BCUT2D eigenvalue weighted by molar-refractivity contribution is -0.122. The van der Waals surface area contributed by atoms with E-state index in [0.29, 0.717) is 5.02 Å². The second-order valence-electron chi connectivity index (χ2n) is 4.90. The van der Waals surface area contributed by atoms with Crippen molar-refractivity contribution >= 4 is 29.0 Å². The fourth-order valence-electron chi connectivity index (χ4n) is 2.46. The maximum Gasteiger partial charge on any atom is 0.210 e. The van der Waals surface area contributed by atoms with E-state index in [-0.39, 0.29) is 6.04 Å². The molecule has 0 aliphatic carbocycles. The van der Waals surface area contributed by atoms with Crippen LogP contribution in [0.3, 0.4) is 0 Å². The number of H-pyrrole nitrogens is 1. The molecule has 3 rings (SSSR count). The Morgan fingerprint density at radius 2 is 2.32 bits per heavy atom. The SMILES string of the molecule is CN1CCN(C=O)C(c2nc3cc(Cl)ccc3[nH]2)C1. The van der Waals surface area contributed by atoms with Gasteiger partial charge in [-0.3, -0.25) is 4.79 Å². The van der Waals surface area contributed by atoms with Crippen molar-refractivity contribution in [1.29, 1.82) is 0 Å². The third-order valence-electron chi connectivity index (χ3n) is 3.54. The molecule has 100 valence electrons. The zero-order valence-electron chi connectivity index (χ0n) is 10.6. The lowest BCUT2D eigenvalue weighted by Gasteiger charge is -2.36. The maximum atomic E-state index is 11.2. The third kappa shape index (κ3) is 2.31. The number of carbonyl (C=O) groups excluding carboxylic acids is 1. The van der Waals surface area contributed by atoms with E-state index in [2.05, 4.69) is 21.9 Å². The minimum absolute atomic E-state index is 0.0255. The zero-order chi connectivity index (χ0) is 13.4. The van der Waals surface area contributed by atoms with Gasteiger partial charge in [0.1, 0.15) is 11.9 Å². The third-order valence-corrected chi connectivity index (χ3v) is 3.77. The fourth-order valence-corrected chi connectivity index (χ4v) is 2.63. The first-order chi connectivity index (χ1) is 9.17. The molecule has 1 fully saturated rings. The Labute approximate surface area is 116 Å². The van der Waals surface area contributed by atoms with Crippen LogP contribution < -0.4 is 0 Å². The average molecular weight is 279 g/mol. The number of nitrogens with one attached hydrogen (secondary N) is 1. The van der Waals surface area contributed by atoms with Crippen molar-refractivity contribution < 1.29 is 4.79 Å². The van der Waals surface area contributed by atoms with Crippen LogP contribution in [-0.4, -0.2) is 52.9 Å². The molecule has 0 bridgehead atoms. The summed E-state index contributed by atoms with van der Waals surface area (Å²) in [6, 6.07) is 5.54. The highest BCUT2D eigenvalue weighted by atomic mass is 35.5. The van der Waals surface area contributed by atoms with Crippen LogP contribution in [-0.2, 0) is 4.79 Å². The molecule has 19 heavy (non-hydrogen) atoms. The molecule has 1 N–H and O–H groups in total. The summed E-state index contributed by atoms with van der Waals surface area (Å²) in [5.41, 5.74) is 1.78. The Morgan fingerprint density at radius 3 is 3.11 bits per heavy atom. The Kier molecular flexibility index (Phi) is 3.16. The van der Waals surface area contributed by atoms with Crippen LogP contribution in [0.4, 0.5) is 0 Å². The van der Waals surface area contributed by atoms with Gasteiger partial charge in [0.15, 0.2) is 0 Å². The normalized spacial score (nSPS) is 20.9.